The van der Waals surface area contributed by atoms with E-state index in [1.165, 1.54) is 244 Å². The predicted molar refractivity (Wildman–Crippen MR) is 335 cm³/mol. The average molecular weight is 1120 g/mol. The molecule has 0 saturated carbocycles. The molecule has 10 heteroatoms. The molecule has 0 saturated heterocycles. The summed E-state index contributed by atoms with van der Waals surface area (Å²) < 4.78 is 33.2. The minimum absolute atomic E-state index is 0.0550. The van der Waals surface area contributed by atoms with Gasteiger partial charge in [0.25, 0.3) is 0 Å². The minimum atomic E-state index is -4.39. The molecule has 2 atom stereocenters. The van der Waals surface area contributed by atoms with Gasteiger partial charge in [-0.2, -0.15) is 0 Å². The van der Waals surface area contributed by atoms with Crippen molar-refractivity contribution in [3.05, 3.63) is 48.6 Å². The molecule has 0 aliphatic heterocycles. The van der Waals surface area contributed by atoms with Crippen molar-refractivity contribution < 1.29 is 37.6 Å². The molecule has 458 valence electrons. The van der Waals surface area contributed by atoms with Crippen LogP contribution < -0.4 is 5.73 Å². The third-order valence-electron chi connectivity index (χ3n) is 15.0. The second-order valence-electron chi connectivity index (χ2n) is 22.7. The van der Waals surface area contributed by atoms with Gasteiger partial charge < -0.3 is 20.1 Å². The molecule has 3 N–H and O–H groups in total. The van der Waals surface area contributed by atoms with Gasteiger partial charge >= 0.3 is 19.8 Å². The monoisotopic (exact) mass is 1120 g/mol. The SMILES string of the molecule is CC/C=C\C/C=C\C/C=C\C/C=C\CCCCCCCCCCCCCCCCCCC(=O)OC(COC(=O)CCCCCCCCCCCCCCCCCCCCCCCCCCCCCC)COP(=O)(O)OCCN. The van der Waals surface area contributed by atoms with E-state index in [-0.39, 0.29) is 38.6 Å². The number of rotatable bonds is 64. The van der Waals surface area contributed by atoms with Crippen molar-refractivity contribution in [2.75, 3.05) is 26.4 Å². The second kappa shape index (κ2) is 64.1. The zero-order chi connectivity index (χ0) is 56.6. The fourth-order valence-electron chi connectivity index (χ4n) is 10.0. The van der Waals surface area contributed by atoms with Crippen molar-refractivity contribution in [3.63, 3.8) is 0 Å². The summed E-state index contributed by atoms with van der Waals surface area (Å²) in [7, 11) is -4.39. The molecule has 78 heavy (non-hydrogen) atoms. The standard InChI is InChI=1S/C68H128NO8P/c1-3-5-7-9-11-13-15-17-19-21-23-25-27-29-31-33-35-37-39-41-43-45-47-49-51-53-55-57-59-61-68(71)77-66(65-76-78(72,73)75-63-62-69)64-74-67(70)60-58-56-54-52-50-48-46-44-42-40-38-36-34-32-30-28-26-24-22-20-18-16-14-12-10-8-6-4-2/h5,7,11,13,17,19,23,25,66H,3-4,6,8-10,12,14-16,18,20-22,24,26-65,69H2,1-2H3,(H,72,73)/b7-5-,13-11-,19-17-,25-23-. The first-order valence-corrected chi connectivity index (χ1v) is 35.1. The number of allylic oxidation sites excluding steroid dienone is 8. The summed E-state index contributed by atoms with van der Waals surface area (Å²) in [5.74, 6) is -0.808. The molecule has 0 radical (unpaired) electrons. The molecule has 0 aliphatic carbocycles. The molecule has 0 aromatic heterocycles. The minimum Gasteiger partial charge on any atom is -0.462 e. The first-order chi connectivity index (χ1) is 38.3. The third kappa shape index (κ3) is 63.2. The van der Waals surface area contributed by atoms with E-state index in [9.17, 15) is 19.0 Å². The number of carbonyl (C=O) groups excluding carboxylic acids is 2. The van der Waals surface area contributed by atoms with Gasteiger partial charge in [0.05, 0.1) is 13.2 Å². The quantitative estimate of drug-likeness (QED) is 0.0264. The highest BCUT2D eigenvalue weighted by molar-refractivity contribution is 7.47. The van der Waals surface area contributed by atoms with Crippen molar-refractivity contribution >= 4 is 19.8 Å². The highest BCUT2D eigenvalue weighted by atomic mass is 31.2. The van der Waals surface area contributed by atoms with Gasteiger partial charge in [0.2, 0.25) is 0 Å². The Labute approximate surface area is 483 Å². The molecule has 0 amide bonds. The van der Waals surface area contributed by atoms with E-state index in [1.807, 2.05) is 0 Å². The van der Waals surface area contributed by atoms with Crippen molar-refractivity contribution in [3.8, 4) is 0 Å². The van der Waals surface area contributed by atoms with E-state index in [0.29, 0.717) is 6.42 Å². The maximum atomic E-state index is 12.8. The van der Waals surface area contributed by atoms with Gasteiger partial charge in [-0.25, -0.2) is 4.57 Å². The van der Waals surface area contributed by atoms with Crippen LogP contribution in [0.15, 0.2) is 48.6 Å². The predicted octanol–water partition coefficient (Wildman–Crippen LogP) is 21.7. The van der Waals surface area contributed by atoms with Crippen LogP contribution >= 0.6 is 7.82 Å². The third-order valence-corrected chi connectivity index (χ3v) is 16.0. The largest absolute Gasteiger partial charge is 0.472 e. The van der Waals surface area contributed by atoms with Crippen LogP contribution in [0.3, 0.4) is 0 Å². The summed E-state index contributed by atoms with van der Waals surface area (Å²) >= 11 is 0. The molecule has 0 spiro atoms. The van der Waals surface area contributed by atoms with Crippen LogP contribution in [0.25, 0.3) is 0 Å². The Bertz CT molecular complexity index is 1420. The molecule has 0 heterocycles. The first kappa shape index (κ1) is 76.0. The van der Waals surface area contributed by atoms with Gasteiger partial charge in [0.15, 0.2) is 6.10 Å². The van der Waals surface area contributed by atoms with Gasteiger partial charge in [-0.3, -0.25) is 18.6 Å². The Morgan fingerprint density at radius 1 is 0.397 bits per heavy atom. The summed E-state index contributed by atoms with van der Waals surface area (Å²) in [5.41, 5.74) is 5.40. The molecular weight excluding hydrogens is 990 g/mol. The fourth-order valence-corrected chi connectivity index (χ4v) is 10.8. The summed E-state index contributed by atoms with van der Waals surface area (Å²) in [6.45, 7) is 3.70. The number of ether oxygens (including phenoxy) is 2. The Morgan fingerprint density at radius 2 is 0.705 bits per heavy atom. The topological polar surface area (TPSA) is 134 Å². The number of hydrogen-bond donors (Lipinski definition) is 2. The molecule has 0 aliphatic rings. The van der Waals surface area contributed by atoms with Crippen LogP contribution in [0.1, 0.15) is 341 Å². The number of phosphoric acid groups is 1. The van der Waals surface area contributed by atoms with E-state index in [1.54, 1.807) is 0 Å². The van der Waals surface area contributed by atoms with E-state index < -0.39 is 26.5 Å². The van der Waals surface area contributed by atoms with Crippen LogP contribution in [0.4, 0.5) is 0 Å². The Hall–Kier alpha value is -2.03. The number of nitrogens with two attached hydrogens (primary N) is 1. The Balaban J connectivity index is 3.85. The number of unbranched alkanes of at least 4 members (excludes halogenated alkanes) is 43. The van der Waals surface area contributed by atoms with Gasteiger partial charge in [0, 0.05) is 19.4 Å². The molecular formula is C68H128NO8P. The molecule has 0 aromatic carbocycles. The molecule has 0 rings (SSSR count). The molecule has 9 nitrogen and oxygen atoms in total. The van der Waals surface area contributed by atoms with Gasteiger partial charge in [0.1, 0.15) is 6.61 Å². The lowest BCUT2D eigenvalue weighted by Gasteiger charge is -2.19. The van der Waals surface area contributed by atoms with E-state index in [2.05, 4.69) is 62.5 Å². The highest BCUT2D eigenvalue weighted by Crippen LogP contribution is 2.43. The smallest absolute Gasteiger partial charge is 0.462 e. The summed E-state index contributed by atoms with van der Waals surface area (Å²) in [4.78, 5) is 35.3. The number of phosphoric ester groups is 1. The van der Waals surface area contributed by atoms with Crippen LogP contribution in [-0.4, -0.2) is 49.3 Å². The Kier molecular flexibility index (Phi) is 62.5. The van der Waals surface area contributed by atoms with E-state index >= 15 is 0 Å². The van der Waals surface area contributed by atoms with E-state index in [0.717, 1.165) is 64.2 Å². The van der Waals surface area contributed by atoms with Crippen LogP contribution in [0.5, 0.6) is 0 Å². The molecule has 0 bridgehead atoms. The molecule has 2 unspecified atom stereocenters. The lowest BCUT2D eigenvalue weighted by Crippen LogP contribution is -2.29. The molecule has 0 aromatic rings. The molecule has 0 fully saturated rings. The zero-order valence-corrected chi connectivity index (χ0v) is 52.3. The summed E-state index contributed by atoms with van der Waals surface area (Å²) in [6.07, 6.45) is 80.6. The maximum Gasteiger partial charge on any atom is 0.472 e. The van der Waals surface area contributed by atoms with E-state index in [4.69, 9.17) is 24.3 Å². The second-order valence-corrected chi connectivity index (χ2v) is 24.1. The average Bonchev–Trinajstić information content (AvgIpc) is 3.43. The van der Waals surface area contributed by atoms with Crippen LogP contribution in [0.2, 0.25) is 0 Å². The highest BCUT2D eigenvalue weighted by Gasteiger charge is 2.26. The number of hydrogen-bond acceptors (Lipinski definition) is 8. The van der Waals surface area contributed by atoms with Crippen molar-refractivity contribution in [2.45, 2.75) is 347 Å². The lowest BCUT2D eigenvalue weighted by atomic mass is 10.0. The van der Waals surface area contributed by atoms with Gasteiger partial charge in [-0.1, -0.05) is 326 Å². The zero-order valence-electron chi connectivity index (χ0n) is 51.4. The van der Waals surface area contributed by atoms with Crippen LogP contribution in [-0.2, 0) is 32.7 Å². The van der Waals surface area contributed by atoms with Gasteiger partial charge in [-0.05, 0) is 51.4 Å². The Morgan fingerprint density at radius 3 is 1.05 bits per heavy atom. The van der Waals surface area contributed by atoms with Crippen molar-refractivity contribution in [1.29, 1.82) is 0 Å². The van der Waals surface area contributed by atoms with Crippen LogP contribution in [0, 0.1) is 0 Å². The lowest BCUT2D eigenvalue weighted by molar-refractivity contribution is -0.161. The normalized spacial score (nSPS) is 13.2. The van der Waals surface area contributed by atoms with Gasteiger partial charge in [-0.15, -0.1) is 0 Å². The van der Waals surface area contributed by atoms with Crippen molar-refractivity contribution in [1.82, 2.24) is 0 Å². The number of esters is 2. The van der Waals surface area contributed by atoms with Crippen molar-refractivity contribution in [2.24, 2.45) is 5.73 Å². The fraction of sp³-hybridized carbons (Fsp3) is 0.853. The number of carbonyl (C=O) groups is 2. The maximum absolute atomic E-state index is 12.8. The summed E-state index contributed by atoms with van der Waals surface area (Å²) in [6, 6.07) is 0. The summed E-state index contributed by atoms with van der Waals surface area (Å²) in [5, 5.41) is 0. The first-order valence-electron chi connectivity index (χ1n) is 33.6.